The van der Waals surface area contributed by atoms with Crippen molar-refractivity contribution >= 4 is 27.3 Å². The molecule has 0 saturated heterocycles. The zero-order valence-corrected chi connectivity index (χ0v) is 11.8. The van der Waals surface area contributed by atoms with E-state index in [1.54, 1.807) is 0 Å². The molecule has 0 unspecified atom stereocenters. The van der Waals surface area contributed by atoms with Gasteiger partial charge in [0.05, 0.1) is 3.79 Å². The third-order valence-corrected chi connectivity index (χ3v) is 4.30. The number of aryl methyl sites for hydroxylation is 1. The Morgan fingerprint density at radius 2 is 2.07 bits per heavy atom. The fourth-order valence-corrected chi connectivity index (χ4v) is 2.94. The van der Waals surface area contributed by atoms with Crippen LogP contribution in [0.4, 0.5) is 0 Å². The van der Waals surface area contributed by atoms with Crippen LogP contribution >= 0.6 is 27.3 Å². The van der Waals surface area contributed by atoms with E-state index in [-0.39, 0.29) is 0 Å². The first-order valence-corrected chi connectivity index (χ1v) is 7.01. The van der Waals surface area contributed by atoms with Crippen LogP contribution in [0.15, 0.2) is 9.85 Å². The van der Waals surface area contributed by atoms with Crippen LogP contribution in [0.1, 0.15) is 23.8 Å². The summed E-state index contributed by atoms with van der Waals surface area (Å²) in [5.41, 5.74) is 1.34. The first-order valence-electron chi connectivity index (χ1n) is 5.40. The molecule has 0 aromatic carbocycles. The van der Waals surface area contributed by atoms with Crippen LogP contribution in [-0.2, 0) is 6.54 Å². The fourth-order valence-electron chi connectivity index (χ4n) is 1.34. The summed E-state index contributed by atoms with van der Waals surface area (Å²) in [6.45, 7) is 8.52. The largest absolute Gasteiger partial charge is 0.317 e. The molecule has 86 valence electrons. The number of halogens is 1. The van der Waals surface area contributed by atoms with Crippen molar-refractivity contribution in [3.05, 3.63) is 20.3 Å². The Labute approximate surface area is 105 Å². The summed E-state index contributed by atoms with van der Waals surface area (Å²) in [6.07, 6.45) is 1.19. The highest BCUT2D eigenvalue weighted by Gasteiger charge is 2.01. The minimum absolute atomic E-state index is 0.989. The van der Waals surface area contributed by atoms with Crippen LogP contribution < -0.4 is 10.6 Å². The first-order chi connectivity index (χ1) is 7.24. The normalized spacial score (nSPS) is 10.9. The van der Waals surface area contributed by atoms with E-state index in [2.05, 4.69) is 46.5 Å². The Bertz CT molecular complexity index is 267. The van der Waals surface area contributed by atoms with Gasteiger partial charge in [-0.1, -0.05) is 6.92 Å². The zero-order chi connectivity index (χ0) is 11.1. The molecule has 0 aliphatic rings. The number of thiophene rings is 1. The van der Waals surface area contributed by atoms with Crippen molar-refractivity contribution < 1.29 is 0 Å². The molecule has 4 heteroatoms. The molecule has 0 amide bonds. The van der Waals surface area contributed by atoms with Crippen molar-refractivity contribution in [1.29, 1.82) is 0 Å². The third-order valence-electron chi connectivity index (χ3n) is 2.16. The van der Waals surface area contributed by atoms with Gasteiger partial charge in [0.25, 0.3) is 0 Å². The number of rotatable bonds is 7. The highest BCUT2D eigenvalue weighted by Crippen LogP contribution is 2.26. The van der Waals surface area contributed by atoms with Crippen LogP contribution in [0.5, 0.6) is 0 Å². The molecule has 0 aliphatic carbocycles. The maximum Gasteiger partial charge on any atom is 0.0730 e. The summed E-state index contributed by atoms with van der Waals surface area (Å²) in [5, 5.41) is 6.77. The zero-order valence-electron chi connectivity index (χ0n) is 9.40. The van der Waals surface area contributed by atoms with Gasteiger partial charge in [-0.25, -0.2) is 0 Å². The van der Waals surface area contributed by atoms with E-state index in [1.807, 2.05) is 11.3 Å². The summed E-state index contributed by atoms with van der Waals surface area (Å²) in [5.74, 6) is 0. The maximum atomic E-state index is 3.54. The smallest absolute Gasteiger partial charge is 0.0730 e. The Hall–Kier alpha value is 0.1000. The highest BCUT2D eigenvalue weighted by molar-refractivity contribution is 9.11. The van der Waals surface area contributed by atoms with Gasteiger partial charge in [0.2, 0.25) is 0 Å². The average Bonchev–Trinajstić information content (AvgIpc) is 2.52. The van der Waals surface area contributed by atoms with Crippen LogP contribution in [0.3, 0.4) is 0 Å². The second kappa shape index (κ2) is 7.39. The molecule has 1 aromatic rings. The summed E-state index contributed by atoms with van der Waals surface area (Å²) >= 11 is 5.36. The van der Waals surface area contributed by atoms with Gasteiger partial charge >= 0.3 is 0 Å². The number of hydrogen-bond acceptors (Lipinski definition) is 3. The van der Waals surface area contributed by atoms with Gasteiger partial charge in [-0.3, -0.25) is 0 Å². The van der Waals surface area contributed by atoms with Crippen molar-refractivity contribution in [2.24, 2.45) is 0 Å². The van der Waals surface area contributed by atoms with E-state index >= 15 is 0 Å². The van der Waals surface area contributed by atoms with Gasteiger partial charge in [0.15, 0.2) is 0 Å². The second-order valence-electron chi connectivity index (χ2n) is 3.55. The van der Waals surface area contributed by atoms with Crippen molar-refractivity contribution in [2.45, 2.75) is 26.8 Å². The average molecular weight is 291 g/mol. The predicted molar refractivity (Wildman–Crippen MR) is 71.6 cm³/mol. The number of hydrogen-bond donors (Lipinski definition) is 2. The summed E-state index contributed by atoms with van der Waals surface area (Å²) in [7, 11) is 0. The van der Waals surface area contributed by atoms with E-state index in [0.29, 0.717) is 0 Å². The quantitative estimate of drug-likeness (QED) is 0.755. The molecule has 0 atom stereocenters. The topological polar surface area (TPSA) is 24.1 Å². The van der Waals surface area contributed by atoms with Crippen molar-refractivity contribution in [3.63, 3.8) is 0 Å². The molecule has 0 spiro atoms. The molecule has 0 fully saturated rings. The van der Waals surface area contributed by atoms with E-state index in [0.717, 1.165) is 26.2 Å². The molecular formula is C11H19BrN2S. The molecule has 2 N–H and O–H groups in total. The molecule has 1 rings (SSSR count). The minimum atomic E-state index is 0.989. The summed E-state index contributed by atoms with van der Waals surface area (Å²) in [6, 6.07) is 2.24. The van der Waals surface area contributed by atoms with Crippen molar-refractivity contribution in [3.8, 4) is 0 Å². The lowest BCUT2D eigenvalue weighted by Gasteiger charge is -2.03. The van der Waals surface area contributed by atoms with Gasteiger partial charge in [-0.15, -0.1) is 11.3 Å². The maximum absolute atomic E-state index is 3.54. The van der Waals surface area contributed by atoms with E-state index in [9.17, 15) is 0 Å². The van der Waals surface area contributed by atoms with Gasteiger partial charge in [-0.2, -0.15) is 0 Å². The molecular weight excluding hydrogens is 272 g/mol. The number of nitrogens with one attached hydrogen (secondary N) is 2. The molecule has 1 aromatic heterocycles. The Morgan fingerprint density at radius 1 is 1.33 bits per heavy atom. The van der Waals surface area contributed by atoms with Crippen LogP contribution in [-0.4, -0.2) is 19.6 Å². The lowest BCUT2D eigenvalue weighted by atomic mass is 10.3. The van der Waals surface area contributed by atoms with Crippen molar-refractivity contribution in [1.82, 2.24) is 10.6 Å². The second-order valence-corrected chi connectivity index (χ2v) is 6.01. The van der Waals surface area contributed by atoms with Gasteiger partial charge in [0, 0.05) is 11.4 Å². The van der Waals surface area contributed by atoms with Gasteiger partial charge in [-0.05, 0) is 60.5 Å². The highest BCUT2D eigenvalue weighted by atomic mass is 79.9. The Morgan fingerprint density at radius 3 is 2.67 bits per heavy atom. The molecule has 0 saturated carbocycles. The Balaban J connectivity index is 2.10. The minimum Gasteiger partial charge on any atom is -0.317 e. The monoisotopic (exact) mass is 290 g/mol. The van der Waals surface area contributed by atoms with Crippen LogP contribution in [0, 0.1) is 6.92 Å². The Kier molecular flexibility index (Phi) is 6.48. The lowest BCUT2D eigenvalue weighted by Crippen LogP contribution is -2.21. The molecule has 0 radical (unpaired) electrons. The predicted octanol–water partition coefficient (Wildman–Crippen LogP) is 2.91. The van der Waals surface area contributed by atoms with Gasteiger partial charge < -0.3 is 10.6 Å². The molecule has 0 aliphatic heterocycles. The van der Waals surface area contributed by atoms with Crippen molar-refractivity contribution in [2.75, 3.05) is 19.6 Å². The fraction of sp³-hybridized carbons (Fsp3) is 0.636. The first kappa shape index (κ1) is 13.2. The summed E-state index contributed by atoms with van der Waals surface area (Å²) in [4.78, 5) is 1.41. The molecule has 2 nitrogen and oxygen atoms in total. The lowest BCUT2D eigenvalue weighted by molar-refractivity contribution is 0.609. The third kappa shape index (κ3) is 5.11. The van der Waals surface area contributed by atoms with E-state index in [1.165, 1.54) is 20.6 Å². The standard InChI is InChI=1S/C11H19BrN2S/c1-3-13-5-4-6-14-8-10-7-9(2)11(12)15-10/h7,13-14H,3-6,8H2,1-2H3. The van der Waals surface area contributed by atoms with E-state index in [4.69, 9.17) is 0 Å². The van der Waals surface area contributed by atoms with Gasteiger partial charge in [0.1, 0.15) is 0 Å². The van der Waals surface area contributed by atoms with E-state index < -0.39 is 0 Å². The summed E-state index contributed by atoms with van der Waals surface area (Å²) < 4.78 is 1.26. The molecule has 0 bridgehead atoms. The molecule has 1 heterocycles. The molecule has 15 heavy (non-hydrogen) atoms. The van der Waals surface area contributed by atoms with Crippen LogP contribution in [0.2, 0.25) is 0 Å². The van der Waals surface area contributed by atoms with Crippen LogP contribution in [0.25, 0.3) is 0 Å². The SMILES string of the molecule is CCNCCCNCc1cc(C)c(Br)s1.